The second kappa shape index (κ2) is 12.0. The van der Waals surface area contributed by atoms with Crippen LogP contribution in [0.25, 0.3) is 0 Å². The van der Waals surface area contributed by atoms with E-state index in [9.17, 15) is 14.0 Å². The SMILES string of the molecule is O=C(NC1CCCC1)[C@H](Cc1ccccc1)N(Cc1ccccc1)C(=O)Cc1c(F)cccc1Cl. The highest BCUT2D eigenvalue weighted by Gasteiger charge is 2.32. The molecule has 6 heteroatoms. The molecule has 0 aromatic heterocycles. The Morgan fingerprint density at radius 3 is 2.17 bits per heavy atom. The molecule has 0 heterocycles. The topological polar surface area (TPSA) is 49.4 Å². The first-order valence-corrected chi connectivity index (χ1v) is 12.5. The highest BCUT2D eigenvalue weighted by molar-refractivity contribution is 6.31. The summed E-state index contributed by atoms with van der Waals surface area (Å²) >= 11 is 6.23. The Morgan fingerprint density at radius 2 is 1.54 bits per heavy atom. The van der Waals surface area contributed by atoms with Crippen LogP contribution in [0.5, 0.6) is 0 Å². The number of amides is 2. The summed E-state index contributed by atoms with van der Waals surface area (Å²) in [5.74, 6) is -1.05. The fourth-order valence-electron chi connectivity index (χ4n) is 4.66. The first-order chi connectivity index (χ1) is 17.0. The lowest BCUT2D eigenvalue weighted by Gasteiger charge is -2.32. The molecular formula is C29H30ClFN2O2. The summed E-state index contributed by atoms with van der Waals surface area (Å²) in [6, 6.07) is 23.0. The van der Waals surface area contributed by atoms with Crippen molar-refractivity contribution < 1.29 is 14.0 Å². The van der Waals surface area contributed by atoms with Crippen molar-refractivity contribution in [2.75, 3.05) is 0 Å². The van der Waals surface area contributed by atoms with Gasteiger partial charge in [0.1, 0.15) is 11.9 Å². The van der Waals surface area contributed by atoms with E-state index >= 15 is 0 Å². The summed E-state index contributed by atoms with van der Waals surface area (Å²) in [7, 11) is 0. The maximum atomic E-state index is 14.5. The number of nitrogens with one attached hydrogen (secondary N) is 1. The van der Waals surface area contributed by atoms with Gasteiger partial charge in [-0.15, -0.1) is 0 Å². The number of hydrogen-bond donors (Lipinski definition) is 1. The average molecular weight is 493 g/mol. The molecule has 35 heavy (non-hydrogen) atoms. The Kier molecular flexibility index (Phi) is 8.54. The summed E-state index contributed by atoms with van der Waals surface area (Å²) in [6.45, 7) is 0.237. The maximum absolute atomic E-state index is 14.5. The van der Waals surface area contributed by atoms with E-state index in [1.165, 1.54) is 12.1 Å². The van der Waals surface area contributed by atoms with Gasteiger partial charge < -0.3 is 10.2 Å². The maximum Gasteiger partial charge on any atom is 0.243 e. The molecule has 1 atom stereocenters. The van der Waals surface area contributed by atoms with E-state index in [1.54, 1.807) is 11.0 Å². The molecule has 1 fully saturated rings. The quantitative estimate of drug-likeness (QED) is 0.415. The minimum Gasteiger partial charge on any atom is -0.352 e. The molecule has 4 rings (SSSR count). The molecule has 0 bridgehead atoms. The zero-order valence-corrected chi connectivity index (χ0v) is 20.4. The van der Waals surface area contributed by atoms with E-state index in [4.69, 9.17) is 11.6 Å². The molecular weight excluding hydrogens is 463 g/mol. The van der Waals surface area contributed by atoms with Crippen molar-refractivity contribution in [2.24, 2.45) is 0 Å². The van der Waals surface area contributed by atoms with Crippen LogP contribution in [0.15, 0.2) is 78.9 Å². The molecule has 3 aromatic rings. The smallest absolute Gasteiger partial charge is 0.243 e. The number of benzene rings is 3. The van der Waals surface area contributed by atoms with E-state index in [2.05, 4.69) is 5.32 Å². The molecule has 0 radical (unpaired) electrons. The lowest BCUT2D eigenvalue weighted by Crippen LogP contribution is -2.52. The molecule has 182 valence electrons. The number of rotatable bonds is 9. The monoisotopic (exact) mass is 492 g/mol. The van der Waals surface area contributed by atoms with Crippen LogP contribution >= 0.6 is 11.6 Å². The van der Waals surface area contributed by atoms with Crippen LogP contribution in [0.4, 0.5) is 4.39 Å². The van der Waals surface area contributed by atoms with Crippen molar-refractivity contribution in [1.29, 1.82) is 0 Å². The Morgan fingerprint density at radius 1 is 0.914 bits per heavy atom. The van der Waals surface area contributed by atoms with Crippen molar-refractivity contribution in [1.82, 2.24) is 10.2 Å². The second-order valence-electron chi connectivity index (χ2n) is 9.08. The predicted molar refractivity (Wildman–Crippen MR) is 136 cm³/mol. The third kappa shape index (κ3) is 6.70. The van der Waals surface area contributed by atoms with Gasteiger partial charge in [0.25, 0.3) is 0 Å². The molecule has 0 unspecified atom stereocenters. The van der Waals surface area contributed by atoms with E-state index in [0.717, 1.165) is 36.8 Å². The van der Waals surface area contributed by atoms with Crippen LogP contribution in [0.1, 0.15) is 42.4 Å². The zero-order valence-electron chi connectivity index (χ0n) is 19.6. The fraction of sp³-hybridized carbons (Fsp3) is 0.310. The Balaban J connectivity index is 1.67. The minimum absolute atomic E-state index is 0.121. The van der Waals surface area contributed by atoms with Crippen LogP contribution < -0.4 is 5.32 Å². The number of carbonyl (C=O) groups is 2. The van der Waals surface area contributed by atoms with Gasteiger partial charge in [-0.3, -0.25) is 9.59 Å². The molecule has 0 saturated heterocycles. The van der Waals surface area contributed by atoms with Crippen molar-refractivity contribution in [3.63, 3.8) is 0 Å². The van der Waals surface area contributed by atoms with Crippen LogP contribution in [0.3, 0.4) is 0 Å². The van der Waals surface area contributed by atoms with Gasteiger partial charge in [-0.1, -0.05) is 91.2 Å². The van der Waals surface area contributed by atoms with Crippen molar-refractivity contribution in [3.05, 3.63) is 106 Å². The molecule has 0 spiro atoms. The number of nitrogens with zero attached hydrogens (tertiary/aromatic N) is 1. The molecule has 1 aliphatic rings. The van der Waals surface area contributed by atoms with Gasteiger partial charge in [-0.2, -0.15) is 0 Å². The minimum atomic E-state index is -0.740. The summed E-state index contributed by atoms with van der Waals surface area (Å²) in [5, 5.41) is 3.38. The fourth-order valence-corrected chi connectivity index (χ4v) is 4.89. The molecule has 0 aliphatic heterocycles. The standard InChI is InChI=1S/C29H30ClFN2O2/c30-25-16-9-17-26(31)24(25)19-28(34)33(20-22-12-5-2-6-13-22)27(18-21-10-3-1-4-11-21)29(35)32-23-14-7-8-15-23/h1-6,9-13,16-17,23,27H,7-8,14-15,18-20H2,(H,32,35)/t27-/m0/s1. The normalized spacial score (nSPS) is 14.5. The second-order valence-corrected chi connectivity index (χ2v) is 9.49. The van der Waals surface area contributed by atoms with Gasteiger partial charge in [0.2, 0.25) is 11.8 Å². The van der Waals surface area contributed by atoms with Crippen molar-refractivity contribution >= 4 is 23.4 Å². The number of hydrogen-bond acceptors (Lipinski definition) is 2. The lowest BCUT2D eigenvalue weighted by atomic mass is 10.0. The third-order valence-electron chi connectivity index (χ3n) is 6.56. The van der Waals surface area contributed by atoms with Gasteiger partial charge in [-0.25, -0.2) is 4.39 Å². The molecule has 4 nitrogen and oxygen atoms in total. The third-order valence-corrected chi connectivity index (χ3v) is 6.91. The molecule has 1 saturated carbocycles. The molecule has 2 amide bonds. The van der Waals surface area contributed by atoms with E-state index in [0.29, 0.717) is 6.42 Å². The summed E-state index contributed by atoms with van der Waals surface area (Å²) < 4.78 is 14.5. The van der Waals surface area contributed by atoms with Crippen molar-refractivity contribution in [2.45, 2.75) is 57.2 Å². The first kappa shape index (κ1) is 24.9. The zero-order chi connectivity index (χ0) is 24.6. The van der Waals surface area contributed by atoms with Gasteiger partial charge in [0, 0.05) is 29.6 Å². The van der Waals surface area contributed by atoms with Crippen LogP contribution in [0, 0.1) is 5.82 Å². The van der Waals surface area contributed by atoms with Gasteiger partial charge >= 0.3 is 0 Å². The molecule has 1 aliphatic carbocycles. The predicted octanol–water partition coefficient (Wildman–Crippen LogP) is 5.72. The molecule has 3 aromatic carbocycles. The highest BCUT2D eigenvalue weighted by atomic mass is 35.5. The Bertz CT molecular complexity index is 1110. The number of carbonyl (C=O) groups excluding carboxylic acids is 2. The van der Waals surface area contributed by atoms with Crippen LogP contribution in [-0.2, 0) is 29.0 Å². The molecule has 1 N–H and O–H groups in total. The Hall–Kier alpha value is -3.18. The highest BCUT2D eigenvalue weighted by Crippen LogP contribution is 2.23. The van der Waals surface area contributed by atoms with E-state index in [-0.39, 0.29) is 41.4 Å². The van der Waals surface area contributed by atoms with E-state index < -0.39 is 11.9 Å². The average Bonchev–Trinajstić information content (AvgIpc) is 3.38. The lowest BCUT2D eigenvalue weighted by molar-refractivity contribution is -0.141. The summed E-state index contributed by atoms with van der Waals surface area (Å²) in [6.07, 6.45) is 4.21. The summed E-state index contributed by atoms with van der Waals surface area (Å²) in [4.78, 5) is 28.9. The Labute approximate surface area is 211 Å². The van der Waals surface area contributed by atoms with E-state index in [1.807, 2.05) is 60.7 Å². The number of halogens is 2. The van der Waals surface area contributed by atoms with Gasteiger partial charge in [0.05, 0.1) is 6.42 Å². The van der Waals surface area contributed by atoms with Crippen LogP contribution in [-0.4, -0.2) is 28.8 Å². The van der Waals surface area contributed by atoms with Crippen molar-refractivity contribution in [3.8, 4) is 0 Å². The van der Waals surface area contributed by atoms with Gasteiger partial charge in [0.15, 0.2) is 0 Å². The summed E-state index contributed by atoms with van der Waals surface area (Å²) in [5.41, 5.74) is 1.99. The van der Waals surface area contributed by atoms with Gasteiger partial charge in [-0.05, 0) is 36.1 Å². The first-order valence-electron chi connectivity index (χ1n) is 12.1. The largest absolute Gasteiger partial charge is 0.352 e. The van der Waals surface area contributed by atoms with Crippen LogP contribution in [0.2, 0.25) is 5.02 Å².